The Balaban J connectivity index is 2.17. The standard InChI is InChI=1S/C20H33N3O2/c1-16-10-9-11-18(14-16)17(2)15-23-20(21-3)22-13-8-6-5-7-12-19(24)25-4/h9-11,14,17H,5-8,12-13,15H2,1-4H3,(H2,21,22,23). The van der Waals surface area contributed by atoms with Gasteiger partial charge in [0.2, 0.25) is 0 Å². The molecule has 0 aliphatic rings. The van der Waals surface area contributed by atoms with Crippen LogP contribution in [0.15, 0.2) is 29.3 Å². The monoisotopic (exact) mass is 347 g/mol. The van der Waals surface area contributed by atoms with Gasteiger partial charge < -0.3 is 15.4 Å². The Kier molecular flexibility index (Phi) is 10.4. The Bertz CT molecular complexity index is 543. The van der Waals surface area contributed by atoms with Crippen molar-refractivity contribution in [3.05, 3.63) is 35.4 Å². The molecule has 0 saturated carbocycles. The van der Waals surface area contributed by atoms with Gasteiger partial charge in [-0.2, -0.15) is 0 Å². The molecule has 5 heteroatoms. The quantitative estimate of drug-likeness (QED) is 0.295. The number of aliphatic imine (C=N–C) groups is 1. The normalized spacial score (nSPS) is 12.6. The van der Waals surface area contributed by atoms with Gasteiger partial charge in [0.15, 0.2) is 5.96 Å². The van der Waals surface area contributed by atoms with Crippen molar-refractivity contribution in [3.63, 3.8) is 0 Å². The van der Waals surface area contributed by atoms with Crippen molar-refractivity contribution in [2.24, 2.45) is 4.99 Å². The van der Waals surface area contributed by atoms with Gasteiger partial charge in [0.25, 0.3) is 0 Å². The first kappa shape index (κ1) is 21.0. The molecule has 0 aliphatic carbocycles. The minimum Gasteiger partial charge on any atom is -0.469 e. The minimum absolute atomic E-state index is 0.120. The molecular weight excluding hydrogens is 314 g/mol. The lowest BCUT2D eigenvalue weighted by molar-refractivity contribution is -0.140. The number of hydrogen-bond acceptors (Lipinski definition) is 3. The zero-order valence-electron chi connectivity index (χ0n) is 16.1. The summed E-state index contributed by atoms with van der Waals surface area (Å²) >= 11 is 0. The second-order valence-corrected chi connectivity index (χ2v) is 6.44. The highest BCUT2D eigenvalue weighted by atomic mass is 16.5. The van der Waals surface area contributed by atoms with E-state index in [0.717, 1.165) is 44.7 Å². The van der Waals surface area contributed by atoms with Crippen LogP contribution >= 0.6 is 0 Å². The molecule has 25 heavy (non-hydrogen) atoms. The minimum atomic E-state index is -0.120. The highest BCUT2D eigenvalue weighted by Gasteiger charge is 2.06. The Morgan fingerprint density at radius 2 is 1.96 bits per heavy atom. The zero-order chi connectivity index (χ0) is 18.5. The van der Waals surface area contributed by atoms with Gasteiger partial charge in [-0.1, -0.05) is 49.6 Å². The number of ether oxygens (including phenoxy) is 1. The number of benzene rings is 1. The van der Waals surface area contributed by atoms with Crippen molar-refractivity contribution >= 4 is 11.9 Å². The van der Waals surface area contributed by atoms with E-state index in [9.17, 15) is 4.79 Å². The van der Waals surface area contributed by atoms with Gasteiger partial charge in [-0.05, 0) is 31.2 Å². The van der Waals surface area contributed by atoms with Crippen molar-refractivity contribution < 1.29 is 9.53 Å². The first-order chi connectivity index (χ1) is 12.1. The SMILES string of the molecule is CN=C(NCCCCCCC(=O)OC)NCC(C)c1cccc(C)c1. The molecule has 0 aromatic heterocycles. The van der Waals surface area contributed by atoms with E-state index in [1.807, 2.05) is 0 Å². The highest BCUT2D eigenvalue weighted by Crippen LogP contribution is 2.15. The maximum Gasteiger partial charge on any atom is 0.305 e. The molecule has 0 fully saturated rings. The van der Waals surface area contributed by atoms with Gasteiger partial charge in [0.1, 0.15) is 0 Å². The number of aryl methyl sites for hydroxylation is 1. The summed E-state index contributed by atoms with van der Waals surface area (Å²) in [7, 11) is 3.23. The number of hydrogen-bond donors (Lipinski definition) is 2. The average molecular weight is 348 g/mol. The summed E-state index contributed by atoms with van der Waals surface area (Å²) in [4.78, 5) is 15.3. The lowest BCUT2D eigenvalue weighted by Crippen LogP contribution is -2.39. The number of rotatable bonds is 10. The van der Waals surface area contributed by atoms with Crippen molar-refractivity contribution in [1.82, 2.24) is 10.6 Å². The van der Waals surface area contributed by atoms with E-state index in [2.05, 4.69) is 58.5 Å². The van der Waals surface area contributed by atoms with E-state index in [-0.39, 0.29) is 5.97 Å². The third-order valence-corrected chi connectivity index (χ3v) is 4.24. The van der Waals surface area contributed by atoms with Gasteiger partial charge in [0.05, 0.1) is 7.11 Å². The second-order valence-electron chi connectivity index (χ2n) is 6.44. The first-order valence-corrected chi connectivity index (χ1v) is 9.14. The van der Waals surface area contributed by atoms with Gasteiger partial charge in [-0.3, -0.25) is 9.79 Å². The van der Waals surface area contributed by atoms with Crippen LogP contribution in [0.2, 0.25) is 0 Å². The van der Waals surface area contributed by atoms with Crippen LogP contribution in [0, 0.1) is 6.92 Å². The molecule has 0 aliphatic heterocycles. The van der Waals surface area contributed by atoms with Crippen LogP contribution in [0.4, 0.5) is 0 Å². The number of unbranched alkanes of at least 4 members (excludes halogenated alkanes) is 3. The highest BCUT2D eigenvalue weighted by molar-refractivity contribution is 5.79. The fourth-order valence-electron chi connectivity index (χ4n) is 2.62. The Morgan fingerprint density at radius 1 is 1.20 bits per heavy atom. The molecule has 1 unspecified atom stereocenters. The van der Waals surface area contributed by atoms with E-state index in [0.29, 0.717) is 12.3 Å². The summed E-state index contributed by atoms with van der Waals surface area (Å²) in [6, 6.07) is 8.63. The number of methoxy groups -OCH3 is 1. The third kappa shape index (κ3) is 9.13. The summed E-state index contributed by atoms with van der Waals surface area (Å²) in [5.74, 6) is 1.15. The molecular formula is C20H33N3O2. The zero-order valence-corrected chi connectivity index (χ0v) is 16.1. The molecule has 0 heterocycles. The lowest BCUT2D eigenvalue weighted by Gasteiger charge is -2.16. The van der Waals surface area contributed by atoms with E-state index < -0.39 is 0 Å². The molecule has 0 radical (unpaired) electrons. The Labute approximate surface area is 152 Å². The van der Waals surface area contributed by atoms with Crippen LogP contribution in [0.3, 0.4) is 0 Å². The van der Waals surface area contributed by atoms with Gasteiger partial charge in [-0.15, -0.1) is 0 Å². The molecule has 1 aromatic carbocycles. The van der Waals surface area contributed by atoms with Crippen LogP contribution < -0.4 is 10.6 Å². The summed E-state index contributed by atoms with van der Waals surface area (Å²) in [5.41, 5.74) is 2.63. The molecule has 140 valence electrons. The molecule has 1 rings (SSSR count). The van der Waals surface area contributed by atoms with Crippen LogP contribution in [-0.4, -0.2) is 39.2 Å². The second kappa shape index (κ2) is 12.3. The summed E-state index contributed by atoms with van der Waals surface area (Å²) in [6.45, 7) is 6.07. The largest absolute Gasteiger partial charge is 0.469 e. The van der Waals surface area contributed by atoms with Crippen molar-refractivity contribution in [2.75, 3.05) is 27.2 Å². The third-order valence-electron chi connectivity index (χ3n) is 4.24. The summed E-state index contributed by atoms with van der Waals surface area (Å²) in [5, 5.41) is 6.74. The Hall–Kier alpha value is -2.04. The maximum absolute atomic E-state index is 11.0. The number of carbonyl (C=O) groups is 1. The number of nitrogens with one attached hydrogen (secondary N) is 2. The van der Waals surface area contributed by atoms with Crippen molar-refractivity contribution in [1.29, 1.82) is 0 Å². The number of carbonyl (C=O) groups excluding carboxylic acids is 1. The van der Waals surface area contributed by atoms with Crippen LogP contribution in [0.25, 0.3) is 0 Å². The van der Waals surface area contributed by atoms with E-state index in [1.54, 1.807) is 7.05 Å². The summed E-state index contributed by atoms with van der Waals surface area (Å²) in [6.07, 6.45) is 4.63. The number of esters is 1. The lowest BCUT2D eigenvalue weighted by atomic mass is 9.99. The van der Waals surface area contributed by atoms with E-state index in [4.69, 9.17) is 0 Å². The van der Waals surface area contributed by atoms with Gasteiger partial charge in [0, 0.05) is 26.6 Å². The molecule has 2 N–H and O–H groups in total. The van der Waals surface area contributed by atoms with Crippen LogP contribution in [0.1, 0.15) is 56.1 Å². The molecule has 1 aromatic rings. The van der Waals surface area contributed by atoms with Crippen LogP contribution in [-0.2, 0) is 9.53 Å². The predicted octanol–water partition coefficient (Wildman–Crippen LogP) is 3.39. The molecule has 5 nitrogen and oxygen atoms in total. The first-order valence-electron chi connectivity index (χ1n) is 9.14. The number of nitrogens with zero attached hydrogens (tertiary/aromatic N) is 1. The molecule has 0 bridgehead atoms. The van der Waals surface area contributed by atoms with E-state index in [1.165, 1.54) is 18.2 Å². The average Bonchev–Trinajstić information content (AvgIpc) is 2.62. The summed E-state index contributed by atoms with van der Waals surface area (Å²) < 4.78 is 4.63. The van der Waals surface area contributed by atoms with Crippen LogP contribution in [0.5, 0.6) is 0 Å². The fraction of sp³-hybridized carbons (Fsp3) is 0.600. The van der Waals surface area contributed by atoms with Gasteiger partial charge in [-0.25, -0.2) is 0 Å². The Morgan fingerprint density at radius 3 is 2.64 bits per heavy atom. The molecule has 0 saturated heterocycles. The molecule has 1 atom stereocenters. The van der Waals surface area contributed by atoms with E-state index >= 15 is 0 Å². The predicted molar refractivity (Wildman–Crippen MR) is 104 cm³/mol. The molecule has 0 amide bonds. The smallest absolute Gasteiger partial charge is 0.305 e. The molecule has 0 spiro atoms. The topological polar surface area (TPSA) is 62.7 Å². The maximum atomic E-state index is 11.0. The fourth-order valence-corrected chi connectivity index (χ4v) is 2.62. The van der Waals surface area contributed by atoms with Gasteiger partial charge >= 0.3 is 5.97 Å². The van der Waals surface area contributed by atoms with Crippen molar-refractivity contribution in [2.45, 2.75) is 51.9 Å². The number of guanidine groups is 1. The van der Waals surface area contributed by atoms with Crippen molar-refractivity contribution in [3.8, 4) is 0 Å².